The Morgan fingerprint density at radius 3 is 2.53 bits per heavy atom. The van der Waals surface area contributed by atoms with Gasteiger partial charge in [0.2, 0.25) is 5.91 Å². The van der Waals surface area contributed by atoms with Gasteiger partial charge in [0.15, 0.2) is 0 Å². The second-order valence-corrected chi connectivity index (χ2v) is 3.67. The summed E-state index contributed by atoms with van der Waals surface area (Å²) in [5, 5.41) is 2.79. The van der Waals surface area contributed by atoms with Crippen LogP contribution in [0.3, 0.4) is 0 Å². The summed E-state index contributed by atoms with van der Waals surface area (Å²) in [5.74, 6) is -0.444. The van der Waals surface area contributed by atoms with E-state index in [9.17, 15) is 9.18 Å². The average molecular weight is 233 g/mol. The lowest BCUT2D eigenvalue weighted by Crippen LogP contribution is -2.24. The molecule has 1 aromatic carbocycles. The van der Waals surface area contributed by atoms with Crippen molar-refractivity contribution in [3.63, 3.8) is 0 Å². The van der Waals surface area contributed by atoms with Crippen molar-refractivity contribution in [2.24, 2.45) is 0 Å². The summed E-state index contributed by atoms with van der Waals surface area (Å²) in [7, 11) is 0. The highest BCUT2D eigenvalue weighted by Gasteiger charge is 2.06. The molecule has 0 radical (unpaired) electrons. The molecule has 1 unspecified atom stereocenters. The monoisotopic (exact) mass is 233 g/mol. The maximum absolute atomic E-state index is 12.7. The molecule has 17 heavy (non-hydrogen) atoms. The standard InChI is InChI=1S/C14H16FNO/c1-3-4-5-6-14(17)16-11(2)12-7-9-13(15)10-8-12/h3-11H,1-2H3,(H,16,17)/b4-3+,6-5+. The molecule has 0 saturated heterocycles. The van der Waals surface area contributed by atoms with Gasteiger partial charge in [0.1, 0.15) is 5.82 Å². The van der Waals surface area contributed by atoms with Crippen LogP contribution in [0.1, 0.15) is 25.5 Å². The lowest BCUT2D eigenvalue weighted by Gasteiger charge is -2.12. The molecule has 0 aliphatic carbocycles. The van der Waals surface area contributed by atoms with Gasteiger partial charge >= 0.3 is 0 Å². The fraction of sp³-hybridized carbons (Fsp3) is 0.214. The zero-order valence-corrected chi connectivity index (χ0v) is 9.98. The SMILES string of the molecule is C/C=C/C=C/C(=O)NC(C)c1ccc(F)cc1. The molecule has 1 N–H and O–H groups in total. The lowest BCUT2D eigenvalue weighted by atomic mass is 10.1. The van der Waals surface area contributed by atoms with Crippen molar-refractivity contribution in [1.29, 1.82) is 0 Å². The van der Waals surface area contributed by atoms with Crippen molar-refractivity contribution in [3.8, 4) is 0 Å². The summed E-state index contributed by atoms with van der Waals surface area (Å²) in [6, 6.07) is 5.95. The minimum atomic E-state index is -0.278. The maximum atomic E-state index is 12.7. The van der Waals surface area contributed by atoms with E-state index in [0.717, 1.165) is 5.56 Å². The summed E-state index contributed by atoms with van der Waals surface area (Å²) in [6.07, 6.45) is 6.75. The molecule has 3 heteroatoms. The molecule has 1 rings (SSSR count). The van der Waals surface area contributed by atoms with Gasteiger partial charge in [-0.15, -0.1) is 0 Å². The van der Waals surface area contributed by atoms with E-state index in [4.69, 9.17) is 0 Å². The summed E-state index contributed by atoms with van der Waals surface area (Å²) in [6.45, 7) is 3.73. The highest BCUT2D eigenvalue weighted by atomic mass is 19.1. The second-order valence-electron chi connectivity index (χ2n) is 3.67. The Balaban J connectivity index is 2.57. The van der Waals surface area contributed by atoms with Gasteiger partial charge in [-0.05, 0) is 31.5 Å². The topological polar surface area (TPSA) is 29.1 Å². The Kier molecular flexibility index (Phi) is 5.14. The number of halogens is 1. The number of hydrogen-bond donors (Lipinski definition) is 1. The lowest BCUT2D eigenvalue weighted by molar-refractivity contribution is -0.117. The van der Waals surface area contributed by atoms with E-state index >= 15 is 0 Å². The number of carbonyl (C=O) groups excluding carboxylic acids is 1. The van der Waals surface area contributed by atoms with E-state index in [1.54, 1.807) is 24.3 Å². The third kappa shape index (κ3) is 4.64. The first-order chi connectivity index (χ1) is 8.13. The molecule has 0 heterocycles. The van der Waals surface area contributed by atoms with Crippen LogP contribution < -0.4 is 5.32 Å². The highest BCUT2D eigenvalue weighted by Crippen LogP contribution is 2.12. The number of benzene rings is 1. The van der Waals surface area contributed by atoms with Gasteiger partial charge in [0, 0.05) is 6.08 Å². The van der Waals surface area contributed by atoms with Crippen molar-refractivity contribution in [1.82, 2.24) is 5.32 Å². The molecule has 0 aliphatic heterocycles. The van der Waals surface area contributed by atoms with Crippen LogP contribution in [0.15, 0.2) is 48.6 Å². The van der Waals surface area contributed by atoms with E-state index in [2.05, 4.69) is 5.32 Å². The first-order valence-electron chi connectivity index (χ1n) is 5.49. The quantitative estimate of drug-likeness (QED) is 0.628. The second kappa shape index (κ2) is 6.63. The minimum absolute atomic E-state index is 0.140. The Morgan fingerprint density at radius 2 is 1.94 bits per heavy atom. The van der Waals surface area contributed by atoms with Crippen LogP contribution >= 0.6 is 0 Å². The molecule has 0 bridgehead atoms. The molecule has 0 saturated carbocycles. The minimum Gasteiger partial charge on any atom is -0.346 e. The number of nitrogens with one attached hydrogen (secondary N) is 1. The Morgan fingerprint density at radius 1 is 1.29 bits per heavy atom. The molecular formula is C14H16FNO. The van der Waals surface area contributed by atoms with E-state index < -0.39 is 0 Å². The molecule has 0 fully saturated rings. The third-order valence-electron chi connectivity index (χ3n) is 2.28. The molecule has 0 aromatic heterocycles. The van der Waals surface area contributed by atoms with E-state index in [-0.39, 0.29) is 17.8 Å². The smallest absolute Gasteiger partial charge is 0.244 e. The number of allylic oxidation sites excluding steroid dienone is 3. The molecule has 1 aromatic rings. The van der Waals surface area contributed by atoms with Crippen LogP contribution in [-0.4, -0.2) is 5.91 Å². The van der Waals surface area contributed by atoms with Gasteiger partial charge in [0.25, 0.3) is 0 Å². The first-order valence-corrected chi connectivity index (χ1v) is 5.49. The fourth-order valence-electron chi connectivity index (χ4n) is 1.35. The van der Waals surface area contributed by atoms with Crippen molar-refractivity contribution >= 4 is 5.91 Å². The van der Waals surface area contributed by atoms with Crippen molar-refractivity contribution in [2.45, 2.75) is 19.9 Å². The Bertz CT molecular complexity index is 420. The molecular weight excluding hydrogens is 217 g/mol. The van der Waals surface area contributed by atoms with Gasteiger partial charge < -0.3 is 5.32 Å². The molecule has 0 aliphatic rings. The van der Waals surface area contributed by atoms with Gasteiger partial charge in [-0.1, -0.05) is 30.4 Å². The van der Waals surface area contributed by atoms with Crippen LogP contribution in [0.4, 0.5) is 4.39 Å². The predicted octanol–water partition coefficient (Wildman–Crippen LogP) is 3.14. The number of hydrogen-bond acceptors (Lipinski definition) is 1. The van der Waals surface area contributed by atoms with Crippen LogP contribution in [0.25, 0.3) is 0 Å². The normalized spacial score (nSPS) is 13.1. The summed E-state index contributed by atoms with van der Waals surface area (Å²) in [4.78, 5) is 11.5. The van der Waals surface area contributed by atoms with E-state index in [1.165, 1.54) is 18.2 Å². The highest BCUT2D eigenvalue weighted by molar-refractivity contribution is 5.88. The van der Waals surface area contributed by atoms with Gasteiger partial charge in [0.05, 0.1) is 6.04 Å². The average Bonchev–Trinajstić information content (AvgIpc) is 2.30. The van der Waals surface area contributed by atoms with Gasteiger partial charge in [-0.2, -0.15) is 0 Å². The molecule has 2 nitrogen and oxygen atoms in total. The predicted molar refractivity (Wildman–Crippen MR) is 66.9 cm³/mol. The number of amides is 1. The summed E-state index contributed by atoms with van der Waals surface area (Å²) >= 11 is 0. The Labute approximate surface area is 101 Å². The molecule has 1 amide bonds. The molecule has 0 spiro atoms. The van der Waals surface area contributed by atoms with E-state index in [0.29, 0.717) is 0 Å². The Hall–Kier alpha value is -1.90. The van der Waals surface area contributed by atoms with Crippen molar-refractivity contribution in [3.05, 3.63) is 60.0 Å². The summed E-state index contributed by atoms with van der Waals surface area (Å²) in [5.41, 5.74) is 0.874. The molecule has 90 valence electrons. The van der Waals surface area contributed by atoms with Gasteiger partial charge in [-0.25, -0.2) is 4.39 Å². The van der Waals surface area contributed by atoms with E-state index in [1.807, 2.05) is 19.9 Å². The van der Waals surface area contributed by atoms with Crippen LogP contribution in [-0.2, 0) is 4.79 Å². The fourth-order valence-corrected chi connectivity index (χ4v) is 1.35. The largest absolute Gasteiger partial charge is 0.346 e. The first kappa shape index (κ1) is 13.2. The number of rotatable bonds is 4. The number of carbonyl (C=O) groups is 1. The third-order valence-corrected chi connectivity index (χ3v) is 2.28. The van der Waals surface area contributed by atoms with Crippen LogP contribution in [0.5, 0.6) is 0 Å². The molecule has 1 atom stereocenters. The maximum Gasteiger partial charge on any atom is 0.244 e. The van der Waals surface area contributed by atoms with Crippen LogP contribution in [0, 0.1) is 5.82 Å². The van der Waals surface area contributed by atoms with Crippen LogP contribution in [0.2, 0.25) is 0 Å². The van der Waals surface area contributed by atoms with Crippen molar-refractivity contribution < 1.29 is 9.18 Å². The zero-order chi connectivity index (χ0) is 12.7. The zero-order valence-electron chi connectivity index (χ0n) is 9.98. The summed E-state index contributed by atoms with van der Waals surface area (Å²) < 4.78 is 12.7. The van der Waals surface area contributed by atoms with Gasteiger partial charge in [-0.3, -0.25) is 4.79 Å². The van der Waals surface area contributed by atoms with Crippen molar-refractivity contribution in [2.75, 3.05) is 0 Å².